The van der Waals surface area contributed by atoms with Crippen molar-refractivity contribution in [3.05, 3.63) is 71.4 Å². The van der Waals surface area contributed by atoms with Gasteiger partial charge in [0.25, 0.3) is 0 Å². The molecule has 0 aliphatic carbocycles. The first-order valence-electron chi connectivity index (χ1n) is 11.5. The zero-order valence-electron chi connectivity index (χ0n) is 19.3. The van der Waals surface area contributed by atoms with Crippen LogP contribution < -0.4 is 20.9 Å². The van der Waals surface area contributed by atoms with Gasteiger partial charge in [0, 0.05) is 16.6 Å². The Hall–Kier alpha value is -3.49. The molecule has 4 rings (SSSR count). The number of rotatable bonds is 8. The highest BCUT2D eigenvalue weighted by molar-refractivity contribution is 5.83. The first kappa shape index (κ1) is 23.7. The molecule has 0 unspecified atom stereocenters. The minimum atomic E-state index is -0.649. The Morgan fingerprint density at radius 3 is 2.56 bits per heavy atom. The minimum Gasteiger partial charge on any atom is -0.489 e. The quantitative estimate of drug-likeness (QED) is 0.303. The fraction of sp³-hybridized carbons (Fsp3) is 0.346. The zero-order valence-corrected chi connectivity index (χ0v) is 19.3. The summed E-state index contributed by atoms with van der Waals surface area (Å²) in [5.74, 6) is 0.0676. The highest BCUT2D eigenvalue weighted by Crippen LogP contribution is 2.24. The molecule has 0 atom stereocenters. The number of aryl methyl sites for hydroxylation is 1. The van der Waals surface area contributed by atoms with E-state index in [0.29, 0.717) is 32.5 Å². The smallest absolute Gasteiger partial charge is 0.245 e. The average Bonchev–Trinajstić information content (AvgIpc) is 2.83. The van der Waals surface area contributed by atoms with E-state index in [9.17, 15) is 9.59 Å². The van der Waals surface area contributed by atoms with Crippen molar-refractivity contribution in [2.45, 2.75) is 44.8 Å². The predicted molar refractivity (Wildman–Crippen MR) is 128 cm³/mol. The molecule has 1 aromatic heterocycles. The van der Waals surface area contributed by atoms with Gasteiger partial charge in [0.1, 0.15) is 12.4 Å². The maximum Gasteiger partial charge on any atom is 0.245 e. The van der Waals surface area contributed by atoms with Crippen LogP contribution in [0.3, 0.4) is 0 Å². The normalized spacial score (nSPS) is 15.0. The van der Waals surface area contributed by atoms with Gasteiger partial charge < -0.3 is 15.4 Å². The molecule has 1 fully saturated rings. The van der Waals surface area contributed by atoms with E-state index in [4.69, 9.17) is 9.94 Å². The number of carbonyl (C=O) groups is 2. The second kappa shape index (κ2) is 10.6. The average molecular weight is 463 g/mol. The molecular weight excluding hydrogens is 432 g/mol. The number of aromatic nitrogens is 1. The fourth-order valence-electron chi connectivity index (χ4n) is 4.50. The summed E-state index contributed by atoms with van der Waals surface area (Å²) >= 11 is 0. The van der Waals surface area contributed by atoms with Crippen LogP contribution in [0, 0.1) is 6.92 Å². The molecule has 178 valence electrons. The van der Waals surface area contributed by atoms with Crippen molar-refractivity contribution >= 4 is 22.7 Å². The molecule has 4 N–H and O–H groups in total. The molecule has 2 heterocycles. The Morgan fingerprint density at radius 2 is 1.82 bits per heavy atom. The lowest BCUT2D eigenvalue weighted by atomic mass is 9.84. The van der Waals surface area contributed by atoms with Crippen LogP contribution in [0.5, 0.6) is 5.75 Å². The highest BCUT2D eigenvalue weighted by Gasteiger charge is 2.35. The molecule has 3 aromatic rings. The molecule has 2 aromatic carbocycles. The summed E-state index contributed by atoms with van der Waals surface area (Å²) in [5, 5.41) is 16.3. The number of piperidine rings is 1. The monoisotopic (exact) mass is 462 g/mol. The Balaban J connectivity index is 1.36. The summed E-state index contributed by atoms with van der Waals surface area (Å²) in [7, 11) is 0. The van der Waals surface area contributed by atoms with E-state index in [2.05, 4.69) is 15.6 Å². The van der Waals surface area contributed by atoms with Gasteiger partial charge in [-0.15, -0.1) is 0 Å². The number of para-hydroxylation sites is 1. The van der Waals surface area contributed by atoms with Crippen LogP contribution in [0.15, 0.2) is 54.6 Å². The van der Waals surface area contributed by atoms with Crippen molar-refractivity contribution in [1.29, 1.82) is 0 Å². The predicted octanol–water partition coefficient (Wildman–Crippen LogP) is 2.80. The molecule has 2 amide bonds. The van der Waals surface area contributed by atoms with Crippen LogP contribution in [0.25, 0.3) is 10.9 Å². The van der Waals surface area contributed by atoms with Gasteiger partial charge in [0.15, 0.2) is 0 Å². The maximum atomic E-state index is 12.7. The summed E-state index contributed by atoms with van der Waals surface area (Å²) in [5.41, 5.74) is 4.85. The lowest BCUT2D eigenvalue weighted by Crippen LogP contribution is -2.56. The third-order valence-corrected chi connectivity index (χ3v) is 6.20. The SMILES string of the molecule is Cc1cc(COc2ccc(CC(=O)NC3(CC(=O)NO)CCNCC3)cc2)c2ccccc2n1. The lowest BCUT2D eigenvalue weighted by Gasteiger charge is -2.37. The van der Waals surface area contributed by atoms with Gasteiger partial charge in [-0.05, 0) is 62.7 Å². The fourth-order valence-corrected chi connectivity index (χ4v) is 4.50. The van der Waals surface area contributed by atoms with Crippen molar-refractivity contribution in [3.8, 4) is 5.75 Å². The first-order valence-corrected chi connectivity index (χ1v) is 11.5. The van der Waals surface area contributed by atoms with Crippen LogP contribution in [0.1, 0.15) is 36.1 Å². The number of nitrogens with one attached hydrogen (secondary N) is 3. The van der Waals surface area contributed by atoms with Crippen molar-refractivity contribution in [3.63, 3.8) is 0 Å². The van der Waals surface area contributed by atoms with E-state index >= 15 is 0 Å². The van der Waals surface area contributed by atoms with Gasteiger partial charge in [-0.3, -0.25) is 19.8 Å². The number of carbonyl (C=O) groups excluding carboxylic acids is 2. The van der Waals surface area contributed by atoms with Gasteiger partial charge in [0.2, 0.25) is 11.8 Å². The Kier molecular flexibility index (Phi) is 7.40. The Bertz CT molecular complexity index is 1160. The van der Waals surface area contributed by atoms with Crippen molar-refractivity contribution < 1.29 is 19.5 Å². The zero-order chi connectivity index (χ0) is 24.0. The Morgan fingerprint density at radius 1 is 1.09 bits per heavy atom. The summed E-state index contributed by atoms with van der Waals surface area (Å²) in [6.45, 7) is 3.81. The van der Waals surface area contributed by atoms with Crippen molar-refractivity contribution in [1.82, 2.24) is 21.1 Å². The number of hydrogen-bond donors (Lipinski definition) is 4. The Labute approximate surface area is 198 Å². The molecule has 0 bridgehead atoms. The van der Waals surface area contributed by atoms with E-state index in [1.807, 2.05) is 61.5 Å². The van der Waals surface area contributed by atoms with Gasteiger partial charge >= 0.3 is 0 Å². The topological polar surface area (TPSA) is 113 Å². The van der Waals surface area contributed by atoms with Gasteiger partial charge in [0.05, 0.1) is 23.9 Å². The lowest BCUT2D eigenvalue weighted by molar-refractivity contribution is -0.132. The van der Waals surface area contributed by atoms with Gasteiger partial charge in [-0.1, -0.05) is 30.3 Å². The molecule has 34 heavy (non-hydrogen) atoms. The molecule has 8 heteroatoms. The highest BCUT2D eigenvalue weighted by atomic mass is 16.5. The largest absolute Gasteiger partial charge is 0.489 e. The summed E-state index contributed by atoms with van der Waals surface area (Å²) < 4.78 is 6.01. The van der Waals surface area contributed by atoms with E-state index in [-0.39, 0.29) is 18.7 Å². The van der Waals surface area contributed by atoms with E-state index in [1.54, 1.807) is 5.48 Å². The van der Waals surface area contributed by atoms with Gasteiger partial charge in [-0.2, -0.15) is 0 Å². The van der Waals surface area contributed by atoms with Crippen molar-refractivity contribution in [2.75, 3.05) is 13.1 Å². The van der Waals surface area contributed by atoms with Crippen LogP contribution in [0.2, 0.25) is 0 Å². The molecule has 0 spiro atoms. The third-order valence-electron chi connectivity index (χ3n) is 6.20. The van der Waals surface area contributed by atoms with E-state index in [1.165, 1.54) is 0 Å². The standard InChI is InChI=1S/C26H30N4O4/c1-18-14-20(22-4-2-3-5-23(22)28-18)17-34-21-8-6-19(7-9-21)15-24(31)29-26(16-25(32)30-33)10-12-27-13-11-26/h2-9,14,27,33H,10-13,15-17H2,1H3,(H,29,31)(H,30,32). The van der Waals surface area contributed by atoms with E-state index in [0.717, 1.165) is 33.5 Å². The minimum absolute atomic E-state index is 0.0485. The molecule has 0 saturated carbocycles. The number of ether oxygens (including phenoxy) is 1. The second-order valence-electron chi connectivity index (χ2n) is 8.84. The molecule has 1 saturated heterocycles. The maximum absolute atomic E-state index is 12.7. The van der Waals surface area contributed by atoms with Gasteiger partial charge in [-0.25, -0.2) is 5.48 Å². The van der Waals surface area contributed by atoms with E-state index < -0.39 is 11.4 Å². The van der Waals surface area contributed by atoms with Crippen molar-refractivity contribution in [2.24, 2.45) is 0 Å². The number of fused-ring (bicyclic) bond motifs is 1. The molecule has 0 radical (unpaired) electrons. The number of amides is 2. The number of hydrogen-bond acceptors (Lipinski definition) is 6. The number of benzene rings is 2. The molecule has 1 aliphatic heterocycles. The summed E-state index contributed by atoms with van der Waals surface area (Å²) in [6.07, 6.45) is 1.50. The third kappa shape index (κ3) is 5.89. The number of hydroxylamine groups is 1. The molecule has 1 aliphatic rings. The van der Waals surface area contributed by atoms with Crippen LogP contribution in [-0.4, -0.2) is 40.6 Å². The summed E-state index contributed by atoms with van der Waals surface area (Å²) in [4.78, 5) is 29.1. The summed E-state index contributed by atoms with van der Waals surface area (Å²) in [6, 6.07) is 17.5. The molecule has 8 nitrogen and oxygen atoms in total. The second-order valence-corrected chi connectivity index (χ2v) is 8.84. The van der Waals surface area contributed by atoms with Crippen LogP contribution in [-0.2, 0) is 22.6 Å². The number of pyridine rings is 1. The number of nitrogens with zero attached hydrogens (tertiary/aromatic N) is 1. The van der Waals surface area contributed by atoms with Crippen LogP contribution in [0.4, 0.5) is 0 Å². The first-order chi connectivity index (χ1) is 16.5. The van der Waals surface area contributed by atoms with Crippen LogP contribution >= 0.6 is 0 Å². The molecular formula is C26H30N4O4.